The molecule has 2 aromatic heterocycles. The Balaban J connectivity index is 2.09. The second-order valence-corrected chi connectivity index (χ2v) is 5.52. The first-order chi connectivity index (χ1) is 9.01. The van der Waals surface area contributed by atoms with Crippen LogP contribution in [0.25, 0.3) is 0 Å². The summed E-state index contributed by atoms with van der Waals surface area (Å²) in [6, 6.07) is 1.66. The molecule has 0 aliphatic heterocycles. The summed E-state index contributed by atoms with van der Waals surface area (Å²) < 4.78 is 31.2. The summed E-state index contributed by atoms with van der Waals surface area (Å²) in [4.78, 5) is 7.68. The van der Waals surface area contributed by atoms with E-state index in [9.17, 15) is 8.42 Å². The Bertz CT molecular complexity index is 650. The second kappa shape index (κ2) is 5.33. The molecular formula is C10H13N5O3S. The highest BCUT2D eigenvalue weighted by atomic mass is 32.2. The van der Waals surface area contributed by atoms with Crippen LogP contribution in [0.5, 0.6) is 0 Å². The Morgan fingerprint density at radius 3 is 2.53 bits per heavy atom. The molecule has 0 fully saturated rings. The second-order valence-electron chi connectivity index (χ2n) is 3.75. The van der Waals surface area contributed by atoms with Crippen molar-refractivity contribution < 1.29 is 12.9 Å². The third-order valence-electron chi connectivity index (χ3n) is 2.28. The standard InChI is InChI=1S/C10H13N5O3S/c1-7-3-8(18-15-7)4-14-19(16,17)9-5-12-10(11-2)13-6-9/h3,5-6,14H,4H2,1-2H3,(H,11,12,13). The molecule has 0 unspecified atom stereocenters. The minimum Gasteiger partial charge on any atom is -0.360 e. The fourth-order valence-electron chi connectivity index (χ4n) is 1.33. The predicted molar refractivity (Wildman–Crippen MR) is 66.8 cm³/mol. The number of hydrogen-bond acceptors (Lipinski definition) is 7. The van der Waals surface area contributed by atoms with E-state index in [0.29, 0.717) is 17.4 Å². The zero-order valence-electron chi connectivity index (χ0n) is 10.4. The first-order valence-electron chi connectivity index (χ1n) is 5.43. The zero-order chi connectivity index (χ0) is 13.9. The lowest BCUT2D eigenvalue weighted by molar-refractivity contribution is 0.377. The van der Waals surface area contributed by atoms with Crippen LogP contribution in [0.2, 0.25) is 0 Å². The van der Waals surface area contributed by atoms with Crippen LogP contribution >= 0.6 is 0 Å². The molecule has 9 heteroatoms. The minimum atomic E-state index is -3.66. The highest BCUT2D eigenvalue weighted by Gasteiger charge is 2.16. The number of aromatic nitrogens is 3. The Morgan fingerprint density at radius 1 is 1.32 bits per heavy atom. The molecule has 8 nitrogen and oxygen atoms in total. The molecular weight excluding hydrogens is 270 g/mol. The Labute approximate surface area is 110 Å². The average molecular weight is 283 g/mol. The first-order valence-corrected chi connectivity index (χ1v) is 6.91. The van der Waals surface area contributed by atoms with Crippen molar-refractivity contribution in [2.75, 3.05) is 12.4 Å². The van der Waals surface area contributed by atoms with E-state index in [-0.39, 0.29) is 11.4 Å². The molecule has 2 aromatic rings. The molecule has 0 saturated heterocycles. The summed E-state index contributed by atoms with van der Waals surface area (Å²) in [5, 5.41) is 6.38. The summed E-state index contributed by atoms with van der Waals surface area (Å²) in [6.07, 6.45) is 2.46. The molecule has 0 aliphatic carbocycles. The molecule has 0 saturated carbocycles. The lowest BCUT2D eigenvalue weighted by Crippen LogP contribution is -2.23. The van der Waals surface area contributed by atoms with Gasteiger partial charge in [-0.3, -0.25) is 0 Å². The van der Waals surface area contributed by atoms with Gasteiger partial charge in [-0.15, -0.1) is 0 Å². The van der Waals surface area contributed by atoms with E-state index in [2.05, 4.69) is 25.2 Å². The van der Waals surface area contributed by atoms with Gasteiger partial charge in [0.25, 0.3) is 0 Å². The highest BCUT2D eigenvalue weighted by Crippen LogP contribution is 2.09. The van der Waals surface area contributed by atoms with Gasteiger partial charge < -0.3 is 9.84 Å². The van der Waals surface area contributed by atoms with Gasteiger partial charge in [0.05, 0.1) is 24.6 Å². The van der Waals surface area contributed by atoms with Crippen LogP contribution < -0.4 is 10.0 Å². The van der Waals surface area contributed by atoms with Crippen molar-refractivity contribution in [3.8, 4) is 0 Å². The predicted octanol–water partition coefficient (Wildman–Crippen LogP) is 0.293. The van der Waals surface area contributed by atoms with Gasteiger partial charge in [0.15, 0.2) is 5.76 Å². The van der Waals surface area contributed by atoms with Crippen molar-refractivity contribution >= 4 is 16.0 Å². The number of rotatable bonds is 5. The van der Waals surface area contributed by atoms with E-state index in [1.54, 1.807) is 20.0 Å². The Kier molecular flexibility index (Phi) is 3.76. The number of anilines is 1. The maximum Gasteiger partial charge on any atom is 0.244 e. The van der Waals surface area contributed by atoms with Crippen LogP contribution in [0.15, 0.2) is 27.9 Å². The molecule has 0 bridgehead atoms. The molecule has 0 aliphatic rings. The van der Waals surface area contributed by atoms with Gasteiger partial charge in [0, 0.05) is 13.1 Å². The summed E-state index contributed by atoms with van der Waals surface area (Å²) in [5.41, 5.74) is 0.691. The molecule has 0 amide bonds. The third-order valence-corrected chi connectivity index (χ3v) is 3.63. The monoisotopic (exact) mass is 283 g/mol. The number of aryl methyl sites for hydroxylation is 1. The van der Waals surface area contributed by atoms with Crippen LogP contribution in [0.4, 0.5) is 5.95 Å². The molecule has 19 heavy (non-hydrogen) atoms. The summed E-state index contributed by atoms with van der Waals surface area (Å²) in [7, 11) is -2.02. The smallest absolute Gasteiger partial charge is 0.244 e. The quantitative estimate of drug-likeness (QED) is 0.811. The van der Waals surface area contributed by atoms with E-state index >= 15 is 0 Å². The van der Waals surface area contributed by atoms with E-state index < -0.39 is 10.0 Å². The van der Waals surface area contributed by atoms with Crippen LogP contribution in [0, 0.1) is 6.92 Å². The number of nitrogens with zero attached hydrogens (tertiary/aromatic N) is 3. The van der Waals surface area contributed by atoms with Gasteiger partial charge in [-0.25, -0.2) is 23.1 Å². The number of hydrogen-bond donors (Lipinski definition) is 2. The average Bonchev–Trinajstić information content (AvgIpc) is 2.82. The van der Waals surface area contributed by atoms with Crippen LogP contribution in [-0.2, 0) is 16.6 Å². The van der Waals surface area contributed by atoms with Gasteiger partial charge in [0.2, 0.25) is 16.0 Å². The van der Waals surface area contributed by atoms with E-state index in [4.69, 9.17) is 4.52 Å². The fourth-order valence-corrected chi connectivity index (χ4v) is 2.22. The SMILES string of the molecule is CNc1ncc(S(=O)(=O)NCc2cc(C)no2)cn1. The Morgan fingerprint density at radius 2 is 2.00 bits per heavy atom. The molecule has 0 aromatic carbocycles. The van der Waals surface area contributed by atoms with Gasteiger partial charge >= 0.3 is 0 Å². The molecule has 2 N–H and O–H groups in total. The van der Waals surface area contributed by atoms with Crippen molar-refractivity contribution in [3.05, 3.63) is 29.9 Å². The topological polar surface area (TPSA) is 110 Å². The highest BCUT2D eigenvalue weighted by molar-refractivity contribution is 7.89. The van der Waals surface area contributed by atoms with E-state index in [1.165, 1.54) is 12.4 Å². The van der Waals surface area contributed by atoms with Crippen molar-refractivity contribution in [1.29, 1.82) is 0 Å². The summed E-state index contributed by atoms with van der Waals surface area (Å²) in [5.74, 6) is 0.790. The normalized spacial score (nSPS) is 11.5. The molecule has 0 atom stereocenters. The van der Waals surface area contributed by atoms with Crippen LogP contribution in [-0.4, -0.2) is 30.6 Å². The maximum absolute atomic E-state index is 11.9. The molecule has 0 radical (unpaired) electrons. The summed E-state index contributed by atoms with van der Waals surface area (Å²) in [6.45, 7) is 1.78. The van der Waals surface area contributed by atoms with Crippen molar-refractivity contribution in [3.63, 3.8) is 0 Å². The first kappa shape index (κ1) is 13.4. The van der Waals surface area contributed by atoms with Crippen LogP contribution in [0.3, 0.4) is 0 Å². The number of sulfonamides is 1. The van der Waals surface area contributed by atoms with Crippen molar-refractivity contribution in [2.24, 2.45) is 0 Å². The lowest BCUT2D eigenvalue weighted by Gasteiger charge is -2.04. The molecule has 102 valence electrons. The maximum atomic E-state index is 11.9. The minimum absolute atomic E-state index is 0.0114. The van der Waals surface area contributed by atoms with Crippen LogP contribution in [0.1, 0.15) is 11.5 Å². The third kappa shape index (κ3) is 3.26. The van der Waals surface area contributed by atoms with Gasteiger partial charge in [-0.05, 0) is 6.92 Å². The van der Waals surface area contributed by atoms with E-state index in [1.807, 2.05) is 0 Å². The molecule has 0 spiro atoms. The van der Waals surface area contributed by atoms with Gasteiger partial charge in [0.1, 0.15) is 4.90 Å². The van der Waals surface area contributed by atoms with Gasteiger partial charge in [-0.2, -0.15) is 0 Å². The summed E-state index contributed by atoms with van der Waals surface area (Å²) >= 11 is 0. The largest absolute Gasteiger partial charge is 0.360 e. The fraction of sp³-hybridized carbons (Fsp3) is 0.300. The lowest BCUT2D eigenvalue weighted by atomic mass is 10.4. The van der Waals surface area contributed by atoms with E-state index in [0.717, 1.165) is 0 Å². The molecule has 2 rings (SSSR count). The molecule has 2 heterocycles. The van der Waals surface area contributed by atoms with Crippen molar-refractivity contribution in [2.45, 2.75) is 18.4 Å². The zero-order valence-corrected chi connectivity index (χ0v) is 11.2. The van der Waals surface area contributed by atoms with Crippen molar-refractivity contribution in [1.82, 2.24) is 19.8 Å². The van der Waals surface area contributed by atoms with Gasteiger partial charge in [-0.1, -0.05) is 5.16 Å². The number of nitrogens with one attached hydrogen (secondary N) is 2. The Hall–Kier alpha value is -2.00.